The normalized spacial score (nSPS) is 37.8. The van der Waals surface area contributed by atoms with E-state index in [4.69, 9.17) is 14.2 Å². The Labute approximate surface area is 295 Å². The smallest absolute Gasteiger partial charge is 0.247 e. The van der Waals surface area contributed by atoms with Crippen LogP contribution >= 0.6 is 11.3 Å². The lowest BCUT2D eigenvalue weighted by molar-refractivity contribution is -0.170. The van der Waals surface area contributed by atoms with Crippen LogP contribution in [0.5, 0.6) is 0 Å². The van der Waals surface area contributed by atoms with E-state index < -0.39 is 23.5 Å². The van der Waals surface area contributed by atoms with Crippen molar-refractivity contribution in [3.63, 3.8) is 0 Å². The molecule has 8 saturated heterocycles. The van der Waals surface area contributed by atoms with Crippen LogP contribution in [0.3, 0.4) is 0 Å². The van der Waals surface area contributed by atoms with Crippen molar-refractivity contribution < 1.29 is 28.6 Å². The van der Waals surface area contributed by atoms with Crippen molar-refractivity contribution in [3.8, 4) is 0 Å². The van der Waals surface area contributed by atoms with Crippen LogP contribution in [0.2, 0.25) is 0 Å². The van der Waals surface area contributed by atoms with Crippen molar-refractivity contribution in [3.05, 3.63) is 11.8 Å². The third kappa shape index (κ3) is 4.73. The van der Waals surface area contributed by atoms with Crippen LogP contribution in [-0.2, 0) is 28.6 Å². The average Bonchev–Trinajstić information content (AvgIpc) is 3.44. The number of carbonyl (C=O) groups is 3. The van der Waals surface area contributed by atoms with Gasteiger partial charge in [0.05, 0.1) is 36.9 Å². The maximum absolute atomic E-state index is 14.8. The molecule has 2 aliphatic carbocycles. The number of hydrogen-bond acceptors (Lipinski definition) is 11. The highest BCUT2D eigenvalue weighted by Gasteiger charge is 2.71. The van der Waals surface area contributed by atoms with Gasteiger partial charge in [-0.05, 0) is 43.9 Å². The molecule has 3 amide bonds. The SMILES string of the molecule is CC1(C)C2C(=O)N3CC4(C3)CN(c3ncnc5ncsc35)C[C@H]4C(=O)N[C@H](C(=O)N3CC4(CCOCC4)C3)[C@H](OCC34CCC(CC3)OC4)C21. The number of rotatable bonds is 5. The number of hydrogen-bond donors (Lipinski definition) is 1. The Morgan fingerprint density at radius 2 is 1.78 bits per heavy atom. The third-order valence-electron chi connectivity index (χ3n) is 14.2. The van der Waals surface area contributed by atoms with Crippen LogP contribution in [0, 0.1) is 39.4 Å². The van der Waals surface area contributed by atoms with Gasteiger partial charge in [0, 0.05) is 80.6 Å². The van der Waals surface area contributed by atoms with Crippen molar-refractivity contribution in [1.82, 2.24) is 30.1 Å². The maximum Gasteiger partial charge on any atom is 0.247 e. The van der Waals surface area contributed by atoms with Gasteiger partial charge in [0.2, 0.25) is 17.7 Å². The first-order chi connectivity index (χ1) is 24.1. The topological polar surface area (TPSA) is 139 Å². The highest BCUT2D eigenvalue weighted by molar-refractivity contribution is 7.17. The number of ether oxygens (including phenoxy) is 3. The Kier molecular flexibility index (Phi) is 7.01. The van der Waals surface area contributed by atoms with E-state index in [9.17, 15) is 14.4 Å². The zero-order valence-corrected chi connectivity index (χ0v) is 29.8. The van der Waals surface area contributed by atoms with Crippen LogP contribution in [0.1, 0.15) is 52.4 Å². The summed E-state index contributed by atoms with van der Waals surface area (Å²) in [6.07, 6.45) is 7.24. The summed E-state index contributed by atoms with van der Waals surface area (Å²) in [6.45, 7) is 10.2. The van der Waals surface area contributed by atoms with E-state index in [0.717, 1.165) is 62.3 Å². The van der Waals surface area contributed by atoms with Crippen molar-refractivity contribution in [2.24, 2.45) is 39.4 Å². The summed E-state index contributed by atoms with van der Waals surface area (Å²) >= 11 is 1.49. The maximum atomic E-state index is 14.8. The number of thiazole rings is 1. The summed E-state index contributed by atoms with van der Waals surface area (Å²) in [5, 5.41) is 3.36. The van der Waals surface area contributed by atoms with E-state index in [1.165, 1.54) is 17.7 Å². The summed E-state index contributed by atoms with van der Waals surface area (Å²) in [7, 11) is 0. The zero-order chi connectivity index (χ0) is 34.0. The Morgan fingerprint density at radius 1 is 1.02 bits per heavy atom. The van der Waals surface area contributed by atoms with Crippen LogP contribution in [0.15, 0.2) is 11.8 Å². The molecule has 268 valence electrons. The van der Waals surface area contributed by atoms with Gasteiger partial charge in [-0.25, -0.2) is 15.0 Å². The molecule has 14 heteroatoms. The quantitative estimate of drug-likeness (QED) is 0.492. The molecule has 0 radical (unpaired) electrons. The molecule has 8 aliphatic heterocycles. The lowest BCUT2D eigenvalue weighted by atomic mass is 9.70. The number of fused-ring (bicyclic) bond motifs is 7. The molecule has 4 bridgehead atoms. The Bertz CT molecular complexity index is 1710. The molecule has 1 N–H and O–H groups in total. The largest absolute Gasteiger partial charge is 0.381 e. The molecule has 5 atom stereocenters. The van der Waals surface area contributed by atoms with Crippen molar-refractivity contribution in [2.45, 2.75) is 70.6 Å². The zero-order valence-electron chi connectivity index (χ0n) is 29.0. The Hall–Kier alpha value is -2.94. The first kappa shape index (κ1) is 31.8. The second-order valence-corrected chi connectivity index (χ2v) is 18.5. The van der Waals surface area contributed by atoms with Gasteiger partial charge in [-0.2, -0.15) is 0 Å². The van der Waals surface area contributed by atoms with Crippen molar-refractivity contribution >= 4 is 45.2 Å². The molecule has 2 unspecified atom stereocenters. The minimum absolute atomic E-state index is 0.0835. The minimum Gasteiger partial charge on any atom is -0.381 e. The number of nitrogens with zero attached hydrogens (tertiary/aromatic N) is 6. The molecule has 2 aromatic rings. The molecular weight excluding hydrogens is 659 g/mol. The van der Waals surface area contributed by atoms with Crippen molar-refractivity contribution in [1.29, 1.82) is 0 Å². The Morgan fingerprint density at radius 3 is 2.52 bits per heavy atom. The molecule has 2 spiro atoms. The van der Waals surface area contributed by atoms with Crippen LogP contribution in [0.4, 0.5) is 5.82 Å². The highest BCUT2D eigenvalue weighted by Crippen LogP contribution is 2.63. The second kappa shape index (κ2) is 11.0. The molecule has 0 aromatic carbocycles. The molecule has 12 rings (SSSR count). The fourth-order valence-electron chi connectivity index (χ4n) is 11.0. The molecule has 10 heterocycles. The van der Waals surface area contributed by atoms with Crippen LogP contribution in [-0.4, -0.2) is 126 Å². The van der Waals surface area contributed by atoms with Gasteiger partial charge in [-0.1, -0.05) is 13.8 Å². The van der Waals surface area contributed by atoms with Gasteiger partial charge in [0.25, 0.3) is 0 Å². The predicted molar refractivity (Wildman–Crippen MR) is 182 cm³/mol. The molecule has 2 aromatic heterocycles. The highest BCUT2D eigenvalue weighted by atomic mass is 32.1. The summed E-state index contributed by atoms with van der Waals surface area (Å²) in [5.41, 5.74) is 1.58. The van der Waals surface area contributed by atoms with Gasteiger partial charge < -0.3 is 34.2 Å². The van der Waals surface area contributed by atoms with Gasteiger partial charge in [-0.15, -0.1) is 11.3 Å². The van der Waals surface area contributed by atoms with E-state index in [2.05, 4.69) is 39.0 Å². The number of amides is 3. The van der Waals surface area contributed by atoms with Gasteiger partial charge in [-0.3, -0.25) is 14.4 Å². The summed E-state index contributed by atoms with van der Waals surface area (Å²) in [5.74, 6) is -0.236. The second-order valence-electron chi connectivity index (χ2n) is 17.6. The lowest BCUT2D eigenvalue weighted by Crippen LogP contribution is -2.67. The van der Waals surface area contributed by atoms with Gasteiger partial charge in [0.1, 0.15) is 17.1 Å². The molecule has 13 nitrogen and oxygen atoms in total. The summed E-state index contributed by atoms with van der Waals surface area (Å²) < 4.78 is 19.7. The monoisotopic (exact) mass is 705 g/mol. The molecule has 10 fully saturated rings. The fraction of sp³-hybridized carbons (Fsp3) is 0.778. The number of anilines is 1. The molecule has 50 heavy (non-hydrogen) atoms. The first-order valence-electron chi connectivity index (χ1n) is 18.6. The van der Waals surface area contributed by atoms with E-state index in [-0.39, 0.29) is 45.8 Å². The lowest BCUT2D eigenvalue weighted by Gasteiger charge is -2.53. The molecular formula is C36H47N7O6S. The summed E-state index contributed by atoms with van der Waals surface area (Å²) in [4.78, 5) is 63.4. The first-order valence-corrected chi connectivity index (χ1v) is 19.5. The van der Waals surface area contributed by atoms with E-state index in [1.807, 2.05) is 9.80 Å². The van der Waals surface area contributed by atoms with E-state index in [0.29, 0.717) is 64.2 Å². The molecule has 2 saturated carbocycles. The summed E-state index contributed by atoms with van der Waals surface area (Å²) in [6, 6.07) is -0.886. The molecule has 10 aliphatic rings. The van der Waals surface area contributed by atoms with E-state index >= 15 is 0 Å². The number of likely N-dealkylation sites (tertiary alicyclic amines) is 1. The fourth-order valence-corrected chi connectivity index (χ4v) is 11.8. The van der Waals surface area contributed by atoms with Gasteiger partial charge >= 0.3 is 0 Å². The number of carbonyl (C=O) groups excluding carboxylic acids is 3. The minimum atomic E-state index is -0.886. The van der Waals surface area contributed by atoms with Crippen LogP contribution < -0.4 is 10.2 Å². The van der Waals surface area contributed by atoms with Crippen molar-refractivity contribution in [2.75, 3.05) is 70.6 Å². The predicted octanol–water partition coefficient (Wildman–Crippen LogP) is 2.11. The van der Waals surface area contributed by atoms with Gasteiger partial charge in [0.15, 0.2) is 11.5 Å². The van der Waals surface area contributed by atoms with Crippen LogP contribution in [0.25, 0.3) is 10.3 Å². The Balaban J connectivity index is 0.996. The average molecular weight is 706 g/mol. The third-order valence-corrected chi connectivity index (χ3v) is 15.1. The number of nitrogens with one attached hydrogen (secondary N) is 1. The standard InChI is InChI=1S/C36H47N7O6S/c1-33(2)23-24(33)31(45)43-15-36(16-43)14-41(29-27-28(37-19-38-29)39-20-50-27)11-22(36)30(44)40-25(32(46)42-12-34(13-42)7-9-47-10-8-34)26(23)49-18-35-5-3-21(4-6-35)48-17-35/h19-26H,3-18H2,1-2H3,(H,40,44)/t21?,22-,23?,24?,25-,26+,35?/m0/s1. The van der Waals surface area contributed by atoms with E-state index in [1.54, 1.807) is 5.51 Å². The number of aromatic nitrogens is 3.